The molecule has 0 aliphatic heterocycles. The molecule has 0 radical (unpaired) electrons. The first-order valence-electron chi connectivity index (χ1n) is 6.57. The zero-order valence-corrected chi connectivity index (χ0v) is 15.1. The topological polar surface area (TPSA) is 34.4 Å². The van der Waals surface area contributed by atoms with E-state index < -0.39 is 5.91 Å². The molecule has 0 atom stereocenters. The van der Waals surface area contributed by atoms with Crippen molar-refractivity contribution in [2.24, 2.45) is 4.99 Å². The highest BCUT2D eigenvalue weighted by atomic mass is 35.5. The number of thiazole rings is 1. The fourth-order valence-corrected chi connectivity index (χ4v) is 4.82. The lowest BCUT2D eigenvalue weighted by atomic mass is 10.2. The number of aromatic nitrogens is 1. The SMILES string of the molecule is C#CCn1c(=NC(=O)c2cc(Cl)sc2Cl)sc2cccc(C)c21. The summed E-state index contributed by atoms with van der Waals surface area (Å²) in [6.07, 6.45) is 5.47. The Hall–Kier alpha value is -1.58. The van der Waals surface area contributed by atoms with Gasteiger partial charge in [-0.1, -0.05) is 52.6 Å². The third-order valence-corrected chi connectivity index (χ3v) is 5.77. The van der Waals surface area contributed by atoms with Gasteiger partial charge in [0.25, 0.3) is 5.91 Å². The minimum atomic E-state index is -0.423. The first-order chi connectivity index (χ1) is 11.0. The molecular weight excluding hydrogens is 371 g/mol. The molecule has 1 aromatic carbocycles. The first-order valence-corrected chi connectivity index (χ1v) is 8.96. The maximum atomic E-state index is 12.4. The Morgan fingerprint density at radius 2 is 2.17 bits per heavy atom. The number of hydrogen-bond acceptors (Lipinski definition) is 3. The predicted molar refractivity (Wildman–Crippen MR) is 97.6 cm³/mol. The van der Waals surface area contributed by atoms with Crippen molar-refractivity contribution in [1.82, 2.24) is 4.57 Å². The van der Waals surface area contributed by atoms with E-state index in [0.29, 0.717) is 25.6 Å². The molecule has 0 N–H and O–H groups in total. The van der Waals surface area contributed by atoms with E-state index in [0.717, 1.165) is 27.1 Å². The molecule has 7 heteroatoms. The van der Waals surface area contributed by atoms with Gasteiger partial charge in [-0.2, -0.15) is 4.99 Å². The fraction of sp³-hybridized carbons (Fsp3) is 0.125. The lowest BCUT2D eigenvalue weighted by molar-refractivity contribution is 0.0998. The Kier molecular flexibility index (Phi) is 4.60. The average Bonchev–Trinajstić information content (AvgIpc) is 3.01. The molecular formula is C16H10Cl2N2OS2. The summed E-state index contributed by atoms with van der Waals surface area (Å²) >= 11 is 14.5. The number of aryl methyl sites for hydroxylation is 1. The van der Waals surface area contributed by atoms with Crippen LogP contribution in [-0.4, -0.2) is 10.5 Å². The highest BCUT2D eigenvalue weighted by Gasteiger charge is 2.15. The molecule has 0 bridgehead atoms. The number of halogens is 2. The summed E-state index contributed by atoms with van der Waals surface area (Å²) in [4.78, 5) is 17.2. The molecule has 0 saturated carbocycles. The number of terminal acetylenes is 1. The van der Waals surface area contributed by atoms with E-state index in [1.165, 1.54) is 17.4 Å². The molecule has 0 saturated heterocycles. The lowest BCUT2D eigenvalue weighted by Gasteiger charge is -2.02. The molecule has 1 amide bonds. The summed E-state index contributed by atoms with van der Waals surface area (Å²) in [6.45, 7) is 2.35. The third kappa shape index (κ3) is 3.08. The van der Waals surface area contributed by atoms with Crippen LogP contribution in [0, 0.1) is 19.3 Å². The minimum Gasteiger partial charge on any atom is -0.304 e. The van der Waals surface area contributed by atoms with E-state index in [1.807, 2.05) is 29.7 Å². The second kappa shape index (κ2) is 6.50. The maximum absolute atomic E-state index is 12.4. The summed E-state index contributed by atoms with van der Waals surface area (Å²) in [5, 5.41) is 0. The van der Waals surface area contributed by atoms with Crippen LogP contribution < -0.4 is 4.80 Å². The normalized spacial score (nSPS) is 11.8. The van der Waals surface area contributed by atoms with Crippen molar-refractivity contribution in [3.05, 3.63) is 48.9 Å². The van der Waals surface area contributed by atoms with Gasteiger partial charge >= 0.3 is 0 Å². The predicted octanol–water partition coefficient (Wildman–Crippen LogP) is 4.75. The van der Waals surface area contributed by atoms with Crippen molar-refractivity contribution in [1.29, 1.82) is 0 Å². The van der Waals surface area contributed by atoms with Gasteiger partial charge in [-0.05, 0) is 24.6 Å². The maximum Gasteiger partial charge on any atom is 0.282 e. The van der Waals surface area contributed by atoms with Crippen LogP contribution in [0.3, 0.4) is 0 Å². The molecule has 3 aromatic rings. The quantitative estimate of drug-likeness (QED) is 0.590. The Balaban J connectivity index is 2.21. The van der Waals surface area contributed by atoms with E-state index in [9.17, 15) is 4.79 Å². The Labute approximate surface area is 150 Å². The highest BCUT2D eigenvalue weighted by Crippen LogP contribution is 2.31. The lowest BCUT2D eigenvalue weighted by Crippen LogP contribution is -2.16. The second-order valence-electron chi connectivity index (χ2n) is 4.75. The molecule has 3 nitrogen and oxygen atoms in total. The number of carbonyl (C=O) groups excluding carboxylic acids is 1. The van der Waals surface area contributed by atoms with Crippen molar-refractivity contribution < 1.29 is 4.79 Å². The van der Waals surface area contributed by atoms with Gasteiger partial charge in [-0.3, -0.25) is 4.79 Å². The third-order valence-electron chi connectivity index (χ3n) is 3.24. The van der Waals surface area contributed by atoms with Gasteiger partial charge in [0.2, 0.25) is 0 Å². The van der Waals surface area contributed by atoms with Crippen LogP contribution in [0.2, 0.25) is 8.67 Å². The van der Waals surface area contributed by atoms with Gasteiger partial charge in [0.1, 0.15) is 4.34 Å². The zero-order valence-electron chi connectivity index (χ0n) is 12.0. The van der Waals surface area contributed by atoms with Gasteiger partial charge < -0.3 is 4.57 Å². The molecule has 0 fully saturated rings. The van der Waals surface area contributed by atoms with E-state index in [4.69, 9.17) is 29.6 Å². The van der Waals surface area contributed by atoms with Crippen LogP contribution in [-0.2, 0) is 6.54 Å². The number of amides is 1. The Morgan fingerprint density at radius 1 is 1.39 bits per heavy atom. The Bertz CT molecular complexity index is 1020. The number of benzene rings is 1. The number of nitrogens with zero attached hydrogens (tertiary/aromatic N) is 2. The smallest absolute Gasteiger partial charge is 0.282 e. The largest absolute Gasteiger partial charge is 0.304 e. The molecule has 0 unspecified atom stereocenters. The van der Waals surface area contributed by atoms with Crippen molar-refractivity contribution in [3.8, 4) is 12.3 Å². The van der Waals surface area contributed by atoms with Crippen LogP contribution in [0.5, 0.6) is 0 Å². The van der Waals surface area contributed by atoms with Gasteiger partial charge in [0.05, 0.1) is 26.7 Å². The van der Waals surface area contributed by atoms with E-state index >= 15 is 0 Å². The van der Waals surface area contributed by atoms with Crippen molar-refractivity contribution in [3.63, 3.8) is 0 Å². The molecule has 116 valence electrons. The summed E-state index contributed by atoms with van der Waals surface area (Å²) in [7, 11) is 0. The van der Waals surface area contributed by atoms with Crippen LogP contribution >= 0.6 is 45.9 Å². The standard InChI is InChI=1S/C16H10Cl2N2OS2/c1-3-7-20-13-9(2)5-4-6-11(13)22-16(20)19-15(21)10-8-12(17)23-14(10)18/h1,4-6,8H,7H2,2H3. The van der Waals surface area contributed by atoms with Gasteiger partial charge in [0.15, 0.2) is 4.80 Å². The molecule has 3 rings (SSSR count). The number of rotatable bonds is 2. The molecule has 0 aliphatic rings. The number of para-hydroxylation sites is 1. The zero-order chi connectivity index (χ0) is 16.6. The average molecular weight is 381 g/mol. The summed E-state index contributed by atoms with van der Waals surface area (Å²) in [6, 6.07) is 7.49. The molecule has 23 heavy (non-hydrogen) atoms. The highest BCUT2D eigenvalue weighted by molar-refractivity contribution is 7.20. The summed E-state index contributed by atoms with van der Waals surface area (Å²) in [5.41, 5.74) is 2.39. The minimum absolute atomic E-state index is 0.308. The molecule has 0 spiro atoms. The molecule has 2 aromatic heterocycles. The van der Waals surface area contributed by atoms with Gasteiger partial charge in [-0.15, -0.1) is 17.8 Å². The molecule has 2 heterocycles. The summed E-state index contributed by atoms with van der Waals surface area (Å²) in [5.74, 6) is 2.19. The van der Waals surface area contributed by atoms with Crippen molar-refractivity contribution in [2.45, 2.75) is 13.5 Å². The fourth-order valence-electron chi connectivity index (χ4n) is 2.26. The number of fused-ring (bicyclic) bond motifs is 1. The van der Waals surface area contributed by atoms with E-state index in [2.05, 4.69) is 10.9 Å². The van der Waals surface area contributed by atoms with Gasteiger partial charge in [0, 0.05) is 0 Å². The van der Waals surface area contributed by atoms with Crippen LogP contribution in [0.1, 0.15) is 15.9 Å². The second-order valence-corrected chi connectivity index (χ2v) is 8.05. The van der Waals surface area contributed by atoms with Crippen molar-refractivity contribution in [2.75, 3.05) is 0 Å². The Morgan fingerprint density at radius 3 is 2.83 bits per heavy atom. The number of carbonyl (C=O) groups is 1. The van der Waals surface area contributed by atoms with Crippen molar-refractivity contribution >= 4 is 62.0 Å². The number of hydrogen-bond donors (Lipinski definition) is 0. The van der Waals surface area contributed by atoms with Crippen LogP contribution in [0.25, 0.3) is 10.2 Å². The van der Waals surface area contributed by atoms with E-state index in [1.54, 1.807) is 0 Å². The van der Waals surface area contributed by atoms with Crippen LogP contribution in [0.4, 0.5) is 0 Å². The van der Waals surface area contributed by atoms with Crippen LogP contribution in [0.15, 0.2) is 29.3 Å². The summed E-state index contributed by atoms with van der Waals surface area (Å²) < 4.78 is 3.69. The van der Waals surface area contributed by atoms with Gasteiger partial charge in [-0.25, -0.2) is 0 Å². The number of thiophene rings is 1. The van der Waals surface area contributed by atoms with E-state index in [-0.39, 0.29) is 0 Å². The monoisotopic (exact) mass is 380 g/mol. The first kappa shape index (κ1) is 16.3. The molecule has 0 aliphatic carbocycles.